The first-order valence-corrected chi connectivity index (χ1v) is 4.24. The largest absolute Gasteiger partial charge is 0.356 e. The van der Waals surface area contributed by atoms with E-state index in [1.807, 2.05) is 13.8 Å². The van der Waals surface area contributed by atoms with Gasteiger partial charge in [0.2, 0.25) is 0 Å². The first kappa shape index (κ1) is 10.2. The van der Waals surface area contributed by atoms with Crippen molar-refractivity contribution in [2.24, 2.45) is 0 Å². The Labute approximate surface area is 82.4 Å². The van der Waals surface area contributed by atoms with Gasteiger partial charge < -0.3 is 5.32 Å². The first-order chi connectivity index (χ1) is 6.61. The van der Waals surface area contributed by atoms with Crippen LogP contribution in [0.25, 0.3) is 0 Å². The lowest BCUT2D eigenvalue weighted by atomic mass is 10.2. The number of nitrogens with one attached hydrogen (secondary N) is 1. The van der Waals surface area contributed by atoms with Crippen LogP contribution in [0.2, 0.25) is 0 Å². The van der Waals surface area contributed by atoms with Crippen LogP contribution in [0, 0.1) is 10.1 Å². The maximum absolute atomic E-state index is 10.6. The fourth-order valence-corrected chi connectivity index (χ4v) is 0.977. The number of para-hydroxylation sites is 2. The molecule has 1 rings (SSSR count). The SMILES string of the molecule is CC(C)=CNc1ccccc1[N+](=O)[O-]. The Bertz CT molecular complexity index is 368. The van der Waals surface area contributed by atoms with Gasteiger partial charge in [0.1, 0.15) is 5.69 Å². The number of allylic oxidation sites excluding steroid dienone is 1. The van der Waals surface area contributed by atoms with E-state index in [2.05, 4.69) is 5.32 Å². The molecule has 0 bridgehead atoms. The molecule has 0 unspecified atom stereocenters. The maximum atomic E-state index is 10.6. The predicted octanol–water partition coefficient (Wildman–Crippen LogP) is 2.93. The number of nitrogens with zero attached hydrogens (tertiary/aromatic N) is 1. The van der Waals surface area contributed by atoms with Crippen LogP contribution in [0.1, 0.15) is 13.8 Å². The summed E-state index contributed by atoms with van der Waals surface area (Å²) in [6.45, 7) is 3.84. The van der Waals surface area contributed by atoms with Gasteiger partial charge in [-0.3, -0.25) is 10.1 Å². The second-order valence-electron chi connectivity index (χ2n) is 3.14. The monoisotopic (exact) mass is 192 g/mol. The molecule has 4 heteroatoms. The molecule has 14 heavy (non-hydrogen) atoms. The topological polar surface area (TPSA) is 55.2 Å². The Kier molecular flexibility index (Phi) is 3.23. The molecule has 0 aliphatic heterocycles. The van der Waals surface area contributed by atoms with E-state index >= 15 is 0 Å². The van der Waals surface area contributed by atoms with Gasteiger partial charge in [-0.05, 0) is 26.1 Å². The fraction of sp³-hybridized carbons (Fsp3) is 0.200. The van der Waals surface area contributed by atoms with Crippen molar-refractivity contribution >= 4 is 11.4 Å². The van der Waals surface area contributed by atoms with Gasteiger partial charge in [-0.2, -0.15) is 0 Å². The lowest BCUT2D eigenvalue weighted by Gasteiger charge is -2.01. The van der Waals surface area contributed by atoms with Crippen LogP contribution in [0.5, 0.6) is 0 Å². The normalized spacial score (nSPS) is 9.29. The molecule has 74 valence electrons. The summed E-state index contributed by atoms with van der Waals surface area (Å²) in [4.78, 5) is 10.2. The Balaban J connectivity index is 2.96. The van der Waals surface area contributed by atoms with Gasteiger partial charge in [-0.15, -0.1) is 0 Å². The smallest absolute Gasteiger partial charge is 0.292 e. The molecule has 0 fully saturated rings. The van der Waals surface area contributed by atoms with Gasteiger partial charge in [0, 0.05) is 6.07 Å². The van der Waals surface area contributed by atoms with Crippen molar-refractivity contribution in [1.29, 1.82) is 0 Å². The van der Waals surface area contributed by atoms with Gasteiger partial charge in [0.05, 0.1) is 4.92 Å². The van der Waals surface area contributed by atoms with Crippen LogP contribution in [0.15, 0.2) is 36.0 Å². The van der Waals surface area contributed by atoms with Crippen molar-refractivity contribution in [3.8, 4) is 0 Å². The number of benzene rings is 1. The molecule has 0 spiro atoms. The number of anilines is 1. The van der Waals surface area contributed by atoms with Gasteiger partial charge in [0.25, 0.3) is 5.69 Å². The summed E-state index contributed by atoms with van der Waals surface area (Å²) < 4.78 is 0. The number of hydrogen-bond acceptors (Lipinski definition) is 3. The van der Waals surface area contributed by atoms with Crippen molar-refractivity contribution in [2.45, 2.75) is 13.8 Å². The average Bonchev–Trinajstić information content (AvgIpc) is 2.15. The highest BCUT2D eigenvalue weighted by Crippen LogP contribution is 2.23. The minimum Gasteiger partial charge on any atom is -0.356 e. The van der Waals surface area contributed by atoms with Crippen LogP contribution in [-0.4, -0.2) is 4.92 Å². The summed E-state index contributed by atoms with van der Waals surface area (Å²) >= 11 is 0. The van der Waals surface area contributed by atoms with Gasteiger partial charge >= 0.3 is 0 Å². The lowest BCUT2D eigenvalue weighted by Crippen LogP contribution is -1.95. The molecule has 1 aromatic carbocycles. The zero-order valence-corrected chi connectivity index (χ0v) is 8.15. The summed E-state index contributed by atoms with van der Waals surface area (Å²) in [5.41, 5.74) is 1.66. The van der Waals surface area contributed by atoms with Crippen LogP contribution >= 0.6 is 0 Å². The second-order valence-corrected chi connectivity index (χ2v) is 3.14. The summed E-state index contributed by atoms with van der Waals surface area (Å²) in [6, 6.07) is 6.55. The zero-order chi connectivity index (χ0) is 10.6. The number of rotatable bonds is 3. The zero-order valence-electron chi connectivity index (χ0n) is 8.15. The highest BCUT2D eigenvalue weighted by molar-refractivity contribution is 5.62. The second kappa shape index (κ2) is 4.41. The molecule has 0 aromatic heterocycles. The molecule has 0 aliphatic carbocycles. The number of nitro groups is 1. The van der Waals surface area contributed by atoms with Gasteiger partial charge in [0.15, 0.2) is 0 Å². The third kappa shape index (κ3) is 2.58. The summed E-state index contributed by atoms with van der Waals surface area (Å²) in [6.07, 6.45) is 1.74. The van der Waals surface area contributed by atoms with E-state index in [0.717, 1.165) is 5.57 Å². The van der Waals surface area contributed by atoms with Crippen LogP contribution < -0.4 is 5.32 Å². The van der Waals surface area contributed by atoms with E-state index in [1.165, 1.54) is 6.07 Å². The van der Waals surface area contributed by atoms with Crippen molar-refractivity contribution in [1.82, 2.24) is 0 Å². The molecule has 1 N–H and O–H groups in total. The van der Waals surface area contributed by atoms with Gasteiger partial charge in [-0.1, -0.05) is 17.7 Å². The molecule has 0 heterocycles. The molecule has 0 aliphatic rings. The van der Waals surface area contributed by atoms with Crippen LogP contribution in [-0.2, 0) is 0 Å². The summed E-state index contributed by atoms with van der Waals surface area (Å²) in [7, 11) is 0. The van der Waals surface area contributed by atoms with Crippen LogP contribution in [0.3, 0.4) is 0 Å². The predicted molar refractivity (Wildman–Crippen MR) is 56.2 cm³/mol. The van der Waals surface area contributed by atoms with E-state index in [-0.39, 0.29) is 5.69 Å². The fourth-order valence-electron chi connectivity index (χ4n) is 0.977. The third-order valence-electron chi connectivity index (χ3n) is 1.62. The first-order valence-electron chi connectivity index (χ1n) is 4.24. The van der Waals surface area contributed by atoms with Gasteiger partial charge in [-0.25, -0.2) is 0 Å². The van der Waals surface area contributed by atoms with E-state index in [4.69, 9.17) is 0 Å². The standard InChI is InChI=1S/C10H12N2O2/c1-8(2)7-11-9-5-3-4-6-10(9)12(13)14/h3-7,11H,1-2H3. The number of hydrogen-bond donors (Lipinski definition) is 1. The van der Waals surface area contributed by atoms with E-state index in [9.17, 15) is 10.1 Å². The quantitative estimate of drug-likeness (QED) is 0.591. The van der Waals surface area contributed by atoms with Crippen molar-refractivity contribution < 1.29 is 4.92 Å². The molecule has 0 atom stereocenters. The molecule has 1 aromatic rings. The maximum Gasteiger partial charge on any atom is 0.292 e. The van der Waals surface area contributed by atoms with Crippen molar-refractivity contribution in [3.63, 3.8) is 0 Å². The lowest BCUT2D eigenvalue weighted by molar-refractivity contribution is -0.383. The van der Waals surface area contributed by atoms with E-state index < -0.39 is 4.92 Å². The molecule has 4 nitrogen and oxygen atoms in total. The molecule has 0 amide bonds. The molecule has 0 saturated carbocycles. The van der Waals surface area contributed by atoms with E-state index in [0.29, 0.717) is 5.69 Å². The highest BCUT2D eigenvalue weighted by Gasteiger charge is 2.10. The number of nitro benzene ring substituents is 1. The van der Waals surface area contributed by atoms with Crippen molar-refractivity contribution in [3.05, 3.63) is 46.2 Å². The summed E-state index contributed by atoms with van der Waals surface area (Å²) in [5.74, 6) is 0. The third-order valence-corrected chi connectivity index (χ3v) is 1.62. The molecular formula is C10H12N2O2. The summed E-state index contributed by atoms with van der Waals surface area (Å²) in [5, 5.41) is 13.5. The minimum absolute atomic E-state index is 0.0880. The minimum atomic E-state index is -0.402. The van der Waals surface area contributed by atoms with Crippen molar-refractivity contribution in [2.75, 3.05) is 5.32 Å². The Morgan fingerprint density at radius 1 is 1.43 bits per heavy atom. The average molecular weight is 192 g/mol. The molecule has 0 radical (unpaired) electrons. The van der Waals surface area contributed by atoms with Crippen LogP contribution in [0.4, 0.5) is 11.4 Å². The Hall–Kier alpha value is -1.84. The Morgan fingerprint density at radius 2 is 2.07 bits per heavy atom. The Morgan fingerprint density at radius 3 is 2.64 bits per heavy atom. The molecular weight excluding hydrogens is 180 g/mol. The molecule has 0 saturated heterocycles. The van der Waals surface area contributed by atoms with E-state index in [1.54, 1.807) is 24.4 Å². The highest BCUT2D eigenvalue weighted by atomic mass is 16.6.